The second-order valence-corrected chi connectivity index (χ2v) is 11.4. The molecule has 3 aliphatic rings. The first-order valence-corrected chi connectivity index (χ1v) is 15.3. The molecular formula is C33H40N4O4. The van der Waals surface area contributed by atoms with Crippen LogP contribution in [0.1, 0.15) is 56.9 Å². The Balaban J connectivity index is 0.963. The number of unbranched alkanes of at least 4 members (excludes halogenated alkanes) is 1. The fourth-order valence-corrected chi connectivity index (χ4v) is 6.28. The van der Waals surface area contributed by atoms with Gasteiger partial charge in [0, 0.05) is 49.7 Å². The van der Waals surface area contributed by atoms with Gasteiger partial charge in [-0.15, -0.1) is 0 Å². The molecule has 8 heteroatoms. The molecule has 2 aliphatic heterocycles. The number of anilines is 2. The zero-order valence-corrected chi connectivity index (χ0v) is 23.8. The number of aryl methyl sites for hydroxylation is 1. The number of piperazine rings is 1. The summed E-state index contributed by atoms with van der Waals surface area (Å²) in [6.07, 6.45) is 7.08. The van der Waals surface area contributed by atoms with Crippen LogP contribution in [0.5, 0.6) is 5.88 Å². The van der Waals surface area contributed by atoms with E-state index in [9.17, 15) is 9.59 Å². The maximum atomic E-state index is 13.0. The minimum atomic E-state index is -0.604. The van der Waals surface area contributed by atoms with Crippen LogP contribution in [0.4, 0.5) is 16.3 Å². The van der Waals surface area contributed by atoms with Crippen molar-refractivity contribution in [2.45, 2.75) is 63.9 Å². The normalized spacial score (nSPS) is 18.4. The van der Waals surface area contributed by atoms with E-state index in [1.807, 2.05) is 12.1 Å². The molecule has 0 radical (unpaired) electrons. The van der Waals surface area contributed by atoms with Crippen molar-refractivity contribution in [3.63, 3.8) is 0 Å². The first kappa shape index (κ1) is 27.5. The molecule has 41 heavy (non-hydrogen) atoms. The molecular weight excluding hydrogens is 516 g/mol. The van der Waals surface area contributed by atoms with E-state index in [0.717, 1.165) is 81.7 Å². The zero-order chi connectivity index (χ0) is 28.0. The fourth-order valence-electron chi connectivity index (χ4n) is 6.28. The van der Waals surface area contributed by atoms with Crippen LogP contribution in [0.15, 0.2) is 54.6 Å². The van der Waals surface area contributed by atoms with Gasteiger partial charge < -0.3 is 14.4 Å². The third-order valence-corrected chi connectivity index (χ3v) is 8.60. The summed E-state index contributed by atoms with van der Waals surface area (Å²) in [4.78, 5) is 36.4. The molecule has 2 fully saturated rings. The second-order valence-electron chi connectivity index (χ2n) is 11.4. The zero-order valence-electron chi connectivity index (χ0n) is 23.8. The lowest BCUT2D eigenvalue weighted by Gasteiger charge is -2.36. The summed E-state index contributed by atoms with van der Waals surface area (Å²) in [5.74, 6) is 0.546. The van der Waals surface area contributed by atoms with Gasteiger partial charge in [-0.25, -0.2) is 4.79 Å². The van der Waals surface area contributed by atoms with Crippen molar-refractivity contribution in [1.29, 1.82) is 0 Å². The van der Waals surface area contributed by atoms with Gasteiger partial charge in [0.05, 0.1) is 6.61 Å². The molecule has 1 saturated heterocycles. The molecule has 0 bridgehead atoms. The van der Waals surface area contributed by atoms with Gasteiger partial charge in [0.25, 0.3) is 0 Å². The van der Waals surface area contributed by atoms with E-state index in [-0.39, 0.29) is 18.4 Å². The molecule has 1 aliphatic carbocycles. The van der Waals surface area contributed by atoms with Gasteiger partial charge in [0.15, 0.2) is 5.82 Å². The fraction of sp³-hybridized carbons (Fsp3) is 0.485. The summed E-state index contributed by atoms with van der Waals surface area (Å²) < 4.78 is 11.7. The molecule has 216 valence electrons. The number of aromatic nitrogens is 1. The number of ether oxygens (including phenoxy) is 2. The first-order valence-electron chi connectivity index (χ1n) is 15.3. The third kappa shape index (κ3) is 6.48. The Morgan fingerprint density at radius 3 is 2.54 bits per heavy atom. The van der Waals surface area contributed by atoms with Crippen LogP contribution < -0.4 is 14.5 Å². The monoisotopic (exact) mass is 556 g/mol. The average molecular weight is 557 g/mol. The Morgan fingerprint density at radius 2 is 1.68 bits per heavy atom. The smallest absolute Gasteiger partial charge is 0.422 e. The maximum Gasteiger partial charge on any atom is 0.422 e. The van der Waals surface area contributed by atoms with Crippen molar-refractivity contribution in [3.8, 4) is 5.88 Å². The van der Waals surface area contributed by atoms with Crippen LogP contribution in [0.3, 0.4) is 0 Å². The maximum absolute atomic E-state index is 13.0. The van der Waals surface area contributed by atoms with Crippen molar-refractivity contribution >= 4 is 34.3 Å². The highest BCUT2D eigenvalue weighted by Gasteiger charge is 2.34. The SMILES string of the molecule is O=C1CCc2ccc(OCCCCN3CCN(c4cccc5ccccc45)CC3)nc2N1C(=O)OC1CCCCC1. The van der Waals surface area contributed by atoms with E-state index in [2.05, 4.69) is 57.2 Å². The van der Waals surface area contributed by atoms with Gasteiger partial charge in [0.2, 0.25) is 11.8 Å². The van der Waals surface area contributed by atoms with Gasteiger partial charge in [-0.3, -0.25) is 9.69 Å². The molecule has 3 heterocycles. The topological polar surface area (TPSA) is 75.2 Å². The number of carbonyl (C=O) groups is 2. The van der Waals surface area contributed by atoms with E-state index in [0.29, 0.717) is 24.7 Å². The number of rotatable bonds is 8. The first-order chi connectivity index (χ1) is 20.2. The van der Waals surface area contributed by atoms with E-state index < -0.39 is 6.09 Å². The second kappa shape index (κ2) is 12.9. The summed E-state index contributed by atoms with van der Waals surface area (Å²) in [5, 5.41) is 2.62. The predicted octanol–water partition coefficient (Wildman–Crippen LogP) is 5.96. The Labute approximate surface area is 242 Å². The van der Waals surface area contributed by atoms with Gasteiger partial charge in [-0.05, 0) is 74.6 Å². The van der Waals surface area contributed by atoms with Gasteiger partial charge in [-0.1, -0.05) is 42.8 Å². The van der Waals surface area contributed by atoms with Crippen LogP contribution in [0.25, 0.3) is 10.8 Å². The number of hydrogen-bond acceptors (Lipinski definition) is 7. The van der Waals surface area contributed by atoms with Gasteiger partial charge in [0.1, 0.15) is 6.10 Å². The highest BCUT2D eigenvalue weighted by atomic mass is 16.6. The molecule has 3 aromatic rings. The van der Waals surface area contributed by atoms with Crippen molar-refractivity contribution < 1.29 is 19.1 Å². The minimum Gasteiger partial charge on any atom is -0.478 e. The molecule has 0 spiro atoms. The summed E-state index contributed by atoms with van der Waals surface area (Å²) in [6.45, 7) is 5.75. The Hall–Kier alpha value is -3.65. The molecule has 0 N–H and O–H groups in total. The molecule has 2 amide bonds. The standard InChI is InChI=1S/C33H40N4O4/c38-31-18-16-26-15-17-30(34-32(26)37(31)33(39)41-27-11-2-1-3-12-27)40-24-7-6-19-35-20-22-36(23-21-35)29-14-8-10-25-9-4-5-13-28(25)29/h4-5,8-10,13-15,17,27H,1-3,6-7,11-12,16,18-24H2. The van der Waals surface area contributed by atoms with Crippen LogP contribution in [0, 0.1) is 0 Å². The van der Waals surface area contributed by atoms with Crippen molar-refractivity contribution in [2.75, 3.05) is 49.1 Å². The molecule has 0 atom stereocenters. The number of amides is 2. The Bertz CT molecular complexity index is 1360. The predicted molar refractivity (Wildman–Crippen MR) is 161 cm³/mol. The number of hydrogen-bond donors (Lipinski definition) is 0. The number of nitrogens with zero attached hydrogens (tertiary/aromatic N) is 4. The van der Waals surface area contributed by atoms with E-state index in [1.165, 1.54) is 22.9 Å². The van der Waals surface area contributed by atoms with Crippen molar-refractivity contribution in [3.05, 3.63) is 60.2 Å². The third-order valence-electron chi connectivity index (χ3n) is 8.60. The summed E-state index contributed by atoms with van der Waals surface area (Å²) in [6, 6.07) is 18.9. The van der Waals surface area contributed by atoms with E-state index in [4.69, 9.17) is 9.47 Å². The average Bonchev–Trinajstić information content (AvgIpc) is 3.01. The molecule has 8 nitrogen and oxygen atoms in total. The summed E-state index contributed by atoms with van der Waals surface area (Å²) in [7, 11) is 0. The quantitative estimate of drug-likeness (QED) is 0.317. The molecule has 1 aromatic heterocycles. The van der Waals surface area contributed by atoms with Crippen molar-refractivity contribution in [1.82, 2.24) is 9.88 Å². The van der Waals surface area contributed by atoms with Crippen molar-refractivity contribution in [2.24, 2.45) is 0 Å². The molecule has 2 aromatic carbocycles. The number of fused-ring (bicyclic) bond motifs is 2. The van der Waals surface area contributed by atoms with Gasteiger partial charge in [-0.2, -0.15) is 9.88 Å². The lowest BCUT2D eigenvalue weighted by atomic mass is 9.98. The summed E-state index contributed by atoms with van der Waals surface area (Å²) >= 11 is 0. The number of imide groups is 1. The largest absolute Gasteiger partial charge is 0.478 e. The molecule has 1 saturated carbocycles. The molecule has 6 rings (SSSR count). The van der Waals surface area contributed by atoms with Crippen LogP contribution >= 0.6 is 0 Å². The summed E-state index contributed by atoms with van der Waals surface area (Å²) in [5.41, 5.74) is 2.21. The highest BCUT2D eigenvalue weighted by molar-refractivity contribution is 6.13. The Morgan fingerprint density at radius 1 is 0.878 bits per heavy atom. The number of pyridine rings is 1. The number of benzene rings is 2. The minimum absolute atomic E-state index is 0.116. The lowest BCUT2D eigenvalue weighted by molar-refractivity contribution is -0.118. The Kier molecular flexibility index (Phi) is 8.65. The van der Waals surface area contributed by atoms with E-state index >= 15 is 0 Å². The van der Waals surface area contributed by atoms with E-state index in [1.54, 1.807) is 0 Å². The van der Waals surface area contributed by atoms with Gasteiger partial charge >= 0.3 is 6.09 Å². The van der Waals surface area contributed by atoms with Crippen LogP contribution in [-0.4, -0.2) is 67.3 Å². The molecule has 0 unspecified atom stereocenters. The van der Waals surface area contributed by atoms with Crippen LogP contribution in [-0.2, 0) is 16.0 Å². The van der Waals surface area contributed by atoms with Crippen LogP contribution in [0.2, 0.25) is 0 Å². The highest BCUT2D eigenvalue weighted by Crippen LogP contribution is 2.31. The lowest BCUT2D eigenvalue weighted by Crippen LogP contribution is -2.46. The number of carbonyl (C=O) groups excluding carboxylic acids is 2.